The number of para-hydroxylation sites is 1. The third kappa shape index (κ3) is 3.41. The van der Waals surface area contributed by atoms with Crippen molar-refractivity contribution >= 4 is 5.97 Å². The zero-order valence-corrected chi connectivity index (χ0v) is 11.5. The summed E-state index contributed by atoms with van der Waals surface area (Å²) in [5.74, 6) is 0.199. The smallest absolute Gasteiger partial charge is 0.342 e. The molecule has 21 heavy (non-hydrogen) atoms. The molecule has 0 spiro atoms. The van der Waals surface area contributed by atoms with Crippen molar-refractivity contribution in [1.82, 2.24) is 0 Å². The Morgan fingerprint density at radius 3 is 2.67 bits per heavy atom. The Hall–Kier alpha value is -2.33. The van der Waals surface area contributed by atoms with Crippen molar-refractivity contribution in [1.29, 1.82) is 0 Å². The van der Waals surface area contributed by atoms with E-state index in [9.17, 15) is 4.79 Å². The molecule has 4 heteroatoms. The number of benzene rings is 2. The highest BCUT2D eigenvalue weighted by molar-refractivity contribution is 5.92. The maximum atomic E-state index is 12.0. The molecule has 2 aromatic rings. The van der Waals surface area contributed by atoms with E-state index in [1.165, 1.54) is 0 Å². The van der Waals surface area contributed by atoms with Crippen LogP contribution in [0.1, 0.15) is 15.9 Å². The first kappa shape index (κ1) is 13.6. The molecular weight excluding hydrogens is 268 g/mol. The Bertz CT molecular complexity index is 609. The van der Waals surface area contributed by atoms with Crippen LogP contribution in [-0.4, -0.2) is 25.3 Å². The van der Waals surface area contributed by atoms with E-state index in [0.29, 0.717) is 31.1 Å². The molecule has 1 heterocycles. The highest BCUT2D eigenvalue weighted by Crippen LogP contribution is 2.23. The summed E-state index contributed by atoms with van der Waals surface area (Å²) in [6.07, 6.45) is -0.395. The Balaban J connectivity index is 1.55. The molecule has 0 aliphatic carbocycles. The largest absolute Gasteiger partial charge is 0.489 e. The molecule has 0 amide bonds. The van der Waals surface area contributed by atoms with Gasteiger partial charge in [-0.15, -0.1) is 0 Å². The lowest BCUT2D eigenvalue weighted by molar-refractivity contribution is -0.0182. The molecule has 1 aliphatic rings. The van der Waals surface area contributed by atoms with E-state index in [2.05, 4.69) is 0 Å². The van der Waals surface area contributed by atoms with E-state index >= 15 is 0 Å². The van der Waals surface area contributed by atoms with Crippen molar-refractivity contribution in [2.75, 3.05) is 13.2 Å². The lowest BCUT2D eigenvalue weighted by atomic mass is 10.2. The summed E-state index contributed by atoms with van der Waals surface area (Å²) in [6.45, 7) is 1.11. The average Bonchev–Trinajstić information content (AvgIpc) is 2.68. The topological polar surface area (TPSA) is 44.8 Å². The Labute approximate surface area is 123 Å². The van der Waals surface area contributed by atoms with Gasteiger partial charge >= 0.3 is 5.97 Å². The predicted molar refractivity (Wildman–Crippen MR) is 77.2 cm³/mol. The van der Waals surface area contributed by atoms with Gasteiger partial charge in [0.25, 0.3) is 0 Å². The summed E-state index contributed by atoms with van der Waals surface area (Å²) in [4.78, 5) is 12.0. The maximum absolute atomic E-state index is 12.0. The summed E-state index contributed by atoms with van der Waals surface area (Å²) in [6, 6.07) is 17.0. The molecule has 1 unspecified atom stereocenters. The number of hydrogen-bond acceptors (Lipinski definition) is 4. The molecule has 1 atom stereocenters. The summed E-state index contributed by atoms with van der Waals surface area (Å²) >= 11 is 0. The highest BCUT2D eigenvalue weighted by Gasteiger charge is 2.24. The van der Waals surface area contributed by atoms with Crippen molar-refractivity contribution in [3.05, 3.63) is 65.7 Å². The molecule has 108 valence electrons. The van der Waals surface area contributed by atoms with Crippen molar-refractivity contribution in [3.8, 4) is 5.75 Å². The van der Waals surface area contributed by atoms with Crippen LogP contribution in [0.4, 0.5) is 0 Å². The average molecular weight is 284 g/mol. The zero-order valence-electron chi connectivity index (χ0n) is 11.5. The molecule has 0 saturated carbocycles. The standard InChI is InChI=1S/C17H16O4/c18-17-15-8-4-5-9-16(15)20-12-14(21-17)11-19-10-13-6-2-1-3-7-13/h1-9,14H,10-12H2. The molecular formula is C17H16O4. The van der Waals surface area contributed by atoms with Crippen LogP contribution >= 0.6 is 0 Å². The number of esters is 1. The van der Waals surface area contributed by atoms with Gasteiger partial charge in [-0.1, -0.05) is 42.5 Å². The van der Waals surface area contributed by atoms with Crippen molar-refractivity contribution in [2.45, 2.75) is 12.7 Å². The van der Waals surface area contributed by atoms with Gasteiger partial charge in [0.1, 0.15) is 17.9 Å². The molecule has 4 nitrogen and oxygen atoms in total. The zero-order chi connectivity index (χ0) is 14.5. The van der Waals surface area contributed by atoms with Gasteiger partial charge in [0.2, 0.25) is 0 Å². The lowest BCUT2D eigenvalue weighted by Gasteiger charge is -2.14. The molecule has 0 bridgehead atoms. The number of carbonyl (C=O) groups excluding carboxylic acids is 1. The summed E-state index contributed by atoms with van der Waals surface area (Å²) in [5, 5.41) is 0. The highest BCUT2D eigenvalue weighted by atomic mass is 16.6. The lowest BCUT2D eigenvalue weighted by Crippen LogP contribution is -2.27. The third-order valence-electron chi connectivity index (χ3n) is 3.22. The third-order valence-corrected chi connectivity index (χ3v) is 3.22. The number of rotatable bonds is 4. The van der Waals surface area contributed by atoms with Crippen LogP contribution in [0, 0.1) is 0 Å². The van der Waals surface area contributed by atoms with Crippen LogP contribution in [-0.2, 0) is 16.1 Å². The first-order chi connectivity index (χ1) is 10.3. The van der Waals surface area contributed by atoms with Gasteiger partial charge in [0.15, 0.2) is 6.10 Å². The van der Waals surface area contributed by atoms with Crippen molar-refractivity contribution in [2.24, 2.45) is 0 Å². The maximum Gasteiger partial charge on any atom is 0.342 e. The molecule has 0 radical (unpaired) electrons. The number of hydrogen-bond donors (Lipinski definition) is 0. The SMILES string of the molecule is O=C1OC(COCc2ccccc2)COc2ccccc21. The Kier molecular flexibility index (Phi) is 4.17. The minimum Gasteiger partial charge on any atom is -0.489 e. The van der Waals surface area contributed by atoms with E-state index in [0.717, 1.165) is 5.56 Å². The summed E-state index contributed by atoms with van der Waals surface area (Å²) < 4.78 is 16.6. The summed E-state index contributed by atoms with van der Waals surface area (Å²) in [7, 11) is 0. The fourth-order valence-corrected chi connectivity index (χ4v) is 2.16. The van der Waals surface area contributed by atoms with Gasteiger partial charge in [0.05, 0.1) is 13.2 Å². The quantitative estimate of drug-likeness (QED) is 0.810. The van der Waals surface area contributed by atoms with Crippen molar-refractivity contribution < 1.29 is 19.0 Å². The Morgan fingerprint density at radius 1 is 1.05 bits per heavy atom. The monoisotopic (exact) mass is 284 g/mol. The van der Waals surface area contributed by atoms with Crippen LogP contribution in [0.25, 0.3) is 0 Å². The number of fused-ring (bicyclic) bond motifs is 1. The van der Waals surface area contributed by atoms with Crippen LogP contribution in [0.3, 0.4) is 0 Å². The van der Waals surface area contributed by atoms with Crippen LogP contribution < -0.4 is 4.74 Å². The van der Waals surface area contributed by atoms with Crippen LogP contribution in [0.15, 0.2) is 54.6 Å². The first-order valence-corrected chi connectivity index (χ1v) is 6.87. The second-order valence-corrected chi connectivity index (χ2v) is 4.84. The number of ether oxygens (including phenoxy) is 3. The van der Waals surface area contributed by atoms with E-state index < -0.39 is 6.10 Å². The first-order valence-electron chi connectivity index (χ1n) is 6.87. The van der Waals surface area contributed by atoms with Gasteiger partial charge < -0.3 is 14.2 Å². The minimum atomic E-state index is -0.395. The van der Waals surface area contributed by atoms with Crippen LogP contribution in [0.5, 0.6) is 5.75 Å². The molecule has 0 saturated heterocycles. The van der Waals surface area contributed by atoms with Crippen LogP contribution in [0.2, 0.25) is 0 Å². The summed E-state index contributed by atoms with van der Waals surface area (Å²) in [5.41, 5.74) is 1.55. The van der Waals surface area contributed by atoms with E-state index in [1.807, 2.05) is 36.4 Å². The Morgan fingerprint density at radius 2 is 1.81 bits per heavy atom. The van der Waals surface area contributed by atoms with Gasteiger partial charge in [0, 0.05) is 0 Å². The minimum absolute atomic E-state index is 0.303. The molecule has 0 fully saturated rings. The molecule has 2 aromatic carbocycles. The van der Waals surface area contributed by atoms with Gasteiger partial charge in [-0.25, -0.2) is 4.79 Å². The van der Waals surface area contributed by atoms with E-state index in [-0.39, 0.29) is 5.97 Å². The fraction of sp³-hybridized carbons (Fsp3) is 0.235. The second kappa shape index (κ2) is 6.41. The van der Waals surface area contributed by atoms with E-state index in [4.69, 9.17) is 14.2 Å². The molecule has 0 aromatic heterocycles. The number of carbonyl (C=O) groups is 1. The van der Waals surface area contributed by atoms with Crippen molar-refractivity contribution in [3.63, 3.8) is 0 Å². The molecule has 0 N–H and O–H groups in total. The second-order valence-electron chi connectivity index (χ2n) is 4.84. The fourth-order valence-electron chi connectivity index (χ4n) is 2.16. The van der Waals surface area contributed by atoms with Gasteiger partial charge in [-0.3, -0.25) is 0 Å². The predicted octanol–water partition coefficient (Wildman–Crippen LogP) is 2.82. The van der Waals surface area contributed by atoms with Gasteiger partial charge in [-0.2, -0.15) is 0 Å². The normalized spacial score (nSPS) is 17.3. The van der Waals surface area contributed by atoms with E-state index in [1.54, 1.807) is 18.2 Å². The molecule has 1 aliphatic heterocycles. The number of cyclic esters (lactones) is 1. The molecule has 3 rings (SSSR count). The van der Waals surface area contributed by atoms with Gasteiger partial charge in [-0.05, 0) is 17.7 Å².